The molecule has 1 aliphatic carbocycles. The maximum atomic E-state index is 12.4. The fraction of sp³-hybridized carbons (Fsp3) is 0.500. The van der Waals surface area contributed by atoms with Gasteiger partial charge in [-0.1, -0.05) is 11.6 Å². The lowest BCUT2D eigenvalue weighted by Gasteiger charge is -2.16. The SMILES string of the molecule is O=C1CCCN1c1ccc(S(=O)(=O)NCCC2=CCCCC2)cc1. The molecule has 1 aromatic carbocycles. The summed E-state index contributed by atoms with van der Waals surface area (Å²) in [6.45, 7) is 1.14. The third-order valence-electron chi connectivity index (χ3n) is 4.66. The zero-order valence-electron chi connectivity index (χ0n) is 13.8. The van der Waals surface area contributed by atoms with Crippen LogP contribution in [-0.4, -0.2) is 27.4 Å². The lowest BCUT2D eigenvalue weighted by atomic mass is 9.97. The van der Waals surface area contributed by atoms with Crippen molar-refractivity contribution < 1.29 is 13.2 Å². The summed E-state index contributed by atoms with van der Waals surface area (Å²) in [6.07, 6.45) is 9.07. The number of anilines is 1. The van der Waals surface area contributed by atoms with Gasteiger partial charge in [0.25, 0.3) is 0 Å². The second kappa shape index (κ2) is 7.49. The maximum absolute atomic E-state index is 12.4. The Labute approximate surface area is 143 Å². The Morgan fingerprint density at radius 3 is 2.46 bits per heavy atom. The zero-order valence-corrected chi connectivity index (χ0v) is 14.6. The number of benzene rings is 1. The molecular weight excluding hydrogens is 324 g/mol. The Hall–Kier alpha value is -1.66. The van der Waals surface area contributed by atoms with Crippen molar-refractivity contribution in [2.75, 3.05) is 18.0 Å². The van der Waals surface area contributed by atoms with Crippen LogP contribution in [0.2, 0.25) is 0 Å². The Kier molecular flexibility index (Phi) is 5.36. The predicted molar refractivity (Wildman–Crippen MR) is 94.4 cm³/mol. The van der Waals surface area contributed by atoms with Gasteiger partial charge in [-0.05, 0) is 62.8 Å². The van der Waals surface area contributed by atoms with Crippen molar-refractivity contribution in [2.24, 2.45) is 0 Å². The van der Waals surface area contributed by atoms with Gasteiger partial charge in [0, 0.05) is 25.2 Å². The molecule has 0 radical (unpaired) electrons. The molecule has 1 heterocycles. The van der Waals surface area contributed by atoms with Crippen LogP contribution < -0.4 is 9.62 Å². The normalized spacial score (nSPS) is 18.8. The van der Waals surface area contributed by atoms with Crippen LogP contribution in [0.1, 0.15) is 44.9 Å². The third-order valence-corrected chi connectivity index (χ3v) is 6.13. The molecule has 0 aromatic heterocycles. The molecule has 6 heteroatoms. The zero-order chi connectivity index (χ0) is 17.0. The third kappa shape index (κ3) is 4.05. The molecule has 5 nitrogen and oxygen atoms in total. The van der Waals surface area contributed by atoms with Gasteiger partial charge in [-0.3, -0.25) is 4.79 Å². The Balaban J connectivity index is 1.59. The van der Waals surface area contributed by atoms with Crippen molar-refractivity contribution >= 4 is 21.6 Å². The molecule has 0 bridgehead atoms. The van der Waals surface area contributed by atoms with E-state index in [-0.39, 0.29) is 10.8 Å². The van der Waals surface area contributed by atoms with E-state index in [0.29, 0.717) is 19.5 Å². The van der Waals surface area contributed by atoms with Crippen LogP contribution >= 0.6 is 0 Å². The highest BCUT2D eigenvalue weighted by atomic mass is 32.2. The van der Waals surface area contributed by atoms with E-state index < -0.39 is 10.0 Å². The lowest BCUT2D eigenvalue weighted by Crippen LogP contribution is -2.26. The van der Waals surface area contributed by atoms with Crippen LogP contribution in [0.25, 0.3) is 0 Å². The highest BCUT2D eigenvalue weighted by molar-refractivity contribution is 7.89. The highest BCUT2D eigenvalue weighted by Crippen LogP contribution is 2.23. The minimum Gasteiger partial charge on any atom is -0.312 e. The quantitative estimate of drug-likeness (QED) is 0.804. The number of amides is 1. The number of sulfonamides is 1. The van der Waals surface area contributed by atoms with E-state index >= 15 is 0 Å². The molecule has 0 spiro atoms. The van der Waals surface area contributed by atoms with Crippen molar-refractivity contribution in [2.45, 2.75) is 49.8 Å². The van der Waals surface area contributed by atoms with Crippen LogP contribution in [0.5, 0.6) is 0 Å². The van der Waals surface area contributed by atoms with Gasteiger partial charge in [-0.15, -0.1) is 0 Å². The van der Waals surface area contributed by atoms with Crippen LogP contribution in [0, 0.1) is 0 Å². The van der Waals surface area contributed by atoms with Gasteiger partial charge in [0.05, 0.1) is 4.90 Å². The number of carbonyl (C=O) groups excluding carboxylic acids is 1. The van der Waals surface area contributed by atoms with Crippen molar-refractivity contribution in [1.29, 1.82) is 0 Å². The van der Waals surface area contributed by atoms with Crippen molar-refractivity contribution in [3.8, 4) is 0 Å². The Morgan fingerprint density at radius 2 is 1.83 bits per heavy atom. The molecule has 0 atom stereocenters. The molecule has 1 aromatic rings. The molecule has 1 saturated heterocycles. The molecule has 24 heavy (non-hydrogen) atoms. The molecule has 130 valence electrons. The molecule has 1 aliphatic heterocycles. The molecule has 0 saturated carbocycles. The van der Waals surface area contributed by atoms with Gasteiger partial charge in [-0.2, -0.15) is 0 Å². The summed E-state index contributed by atoms with van der Waals surface area (Å²) < 4.78 is 27.4. The number of hydrogen-bond donors (Lipinski definition) is 1. The largest absolute Gasteiger partial charge is 0.312 e. The summed E-state index contributed by atoms with van der Waals surface area (Å²) in [7, 11) is -3.50. The Morgan fingerprint density at radius 1 is 1.04 bits per heavy atom. The fourth-order valence-electron chi connectivity index (χ4n) is 3.29. The number of nitrogens with zero attached hydrogens (tertiary/aromatic N) is 1. The van der Waals surface area contributed by atoms with Gasteiger partial charge in [0.1, 0.15) is 0 Å². The second-order valence-corrected chi connectivity index (χ2v) is 8.17. The van der Waals surface area contributed by atoms with Crippen molar-refractivity contribution in [1.82, 2.24) is 4.72 Å². The smallest absolute Gasteiger partial charge is 0.240 e. The van der Waals surface area contributed by atoms with E-state index in [1.54, 1.807) is 29.2 Å². The molecular formula is C18H24N2O3S. The summed E-state index contributed by atoms with van der Waals surface area (Å²) >= 11 is 0. The van der Waals surface area contributed by atoms with E-state index in [0.717, 1.165) is 31.4 Å². The maximum Gasteiger partial charge on any atom is 0.240 e. The van der Waals surface area contributed by atoms with Gasteiger partial charge in [-0.25, -0.2) is 13.1 Å². The van der Waals surface area contributed by atoms with E-state index in [4.69, 9.17) is 0 Å². The standard InChI is InChI=1S/C18H24N2O3S/c21-18-7-4-14-20(18)16-8-10-17(11-9-16)24(22,23)19-13-12-15-5-2-1-3-6-15/h5,8-11,19H,1-4,6-7,12-14H2. The summed E-state index contributed by atoms with van der Waals surface area (Å²) in [6, 6.07) is 6.56. The second-order valence-electron chi connectivity index (χ2n) is 6.40. The van der Waals surface area contributed by atoms with Gasteiger partial charge < -0.3 is 4.90 Å². The number of carbonyl (C=O) groups is 1. The van der Waals surface area contributed by atoms with Crippen molar-refractivity contribution in [3.63, 3.8) is 0 Å². The molecule has 1 amide bonds. The first kappa shape index (κ1) is 17.2. The minimum absolute atomic E-state index is 0.101. The average Bonchev–Trinajstić information content (AvgIpc) is 3.02. The minimum atomic E-state index is -3.50. The summed E-state index contributed by atoms with van der Waals surface area (Å²) in [5.41, 5.74) is 2.12. The summed E-state index contributed by atoms with van der Waals surface area (Å²) in [5.74, 6) is 0.101. The topological polar surface area (TPSA) is 66.5 Å². The van der Waals surface area contributed by atoms with Gasteiger partial charge >= 0.3 is 0 Å². The molecule has 2 aliphatic rings. The van der Waals surface area contributed by atoms with Crippen molar-refractivity contribution in [3.05, 3.63) is 35.9 Å². The fourth-order valence-corrected chi connectivity index (χ4v) is 4.32. The lowest BCUT2D eigenvalue weighted by molar-refractivity contribution is -0.117. The van der Waals surface area contributed by atoms with Crippen LogP contribution in [0.15, 0.2) is 40.8 Å². The van der Waals surface area contributed by atoms with Crippen LogP contribution in [0.4, 0.5) is 5.69 Å². The first-order chi connectivity index (χ1) is 11.6. The highest BCUT2D eigenvalue weighted by Gasteiger charge is 2.22. The number of rotatable bonds is 6. The Bertz CT molecular complexity index is 723. The monoisotopic (exact) mass is 348 g/mol. The van der Waals surface area contributed by atoms with Gasteiger partial charge in [0.15, 0.2) is 0 Å². The number of nitrogens with one attached hydrogen (secondary N) is 1. The van der Waals surface area contributed by atoms with E-state index in [1.807, 2.05) is 0 Å². The van der Waals surface area contributed by atoms with Crippen LogP contribution in [0.3, 0.4) is 0 Å². The van der Waals surface area contributed by atoms with E-state index in [2.05, 4.69) is 10.8 Å². The van der Waals surface area contributed by atoms with Gasteiger partial charge in [0.2, 0.25) is 15.9 Å². The first-order valence-electron chi connectivity index (χ1n) is 8.64. The average molecular weight is 348 g/mol. The number of hydrogen-bond acceptors (Lipinski definition) is 3. The summed E-state index contributed by atoms with van der Waals surface area (Å²) in [5, 5.41) is 0. The molecule has 1 N–H and O–H groups in total. The summed E-state index contributed by atoms with van der Waals surface area (Å²) in [4.78, 5) is 13.7. The predicted octanol–water partition coefficient (Wildman–Crippen LogP) is 2.98. The first-order valence-corrected chi connectivity index (χ1v) is 10.1. The number of allylic oxidation sites excluding steroid dienone is 1. The van der Waals surface area contributed by atoms with E-state index in [9.17, 15) is 13.2 Å². The van der Waals surface area contributed by atoms with E-state index in [1.165, 1.54) is 18.4 Å². The molecule has 1 fully saturated rings. The van der Waals surface area contributed by atoms with Crippen LogP contribution in [-0.2, 0) is 14.8 Å². The molecule has 0 unspecified atom stereocenters. The molecule has 3 rings (SSSR count).